The van der Waals surface area contributed by atoms with Gasteiger partial charge in [0, 0.05) is 34.5 Å². The summed E-state index contributed by atoms with van der Waals surface area (Å²) in [7, 11) is 0. The molecule has 2 heterocycles. The fourth-order valence-electron chi connectivity index (χ4n) is 3.28. The summed E-state index contributed by atoms with van der Waals surface area (Å²) in [5.74, 6) is 0.257. The number of thioether (sulfide) groups is 1. The van der Waals surface area contributed by atoms with Crippen LogP contribution in [0.2, 0.25) is 0 Å². The Morgan fingerprint density at radius 3 is 2.75 bits per heavy atom. The van der Waals surface area contributed by atoms with Gasteiger partial charge in [-0.15, -0.1) is 35.5 Å². The molecular weight excluding hydrogens is 414 g/mol. The molecule has 1 aliphatic rings. The fourth-order valence-corrected chi connectivity index (χ4v) is 5.27. The molecule has 0 saturated heterocycles. The first-order valence-corrected chi connectivity index (χ1v) is 10.9. The molecule has 3 rings (SSSR count). The van der Waals surface area contributed by atoms with Crippen LogP contribution >= 0.6 is 35.5 Å². The Morgan fingerprint density at radius 2 is 2.11 bits per heavy atom. The van der Waals surface area contributed by atoms with Gasteiger partial charge in [-0.25, -0.2) is 0 Å². The van der Waals surface area contributed by atoms with Gasteiger partial charge in [0.25, 0.3) is 11.8 Å². The van der Waals surface area contributed by atoms with Crippen LogP contribution in [-0.4, -0.2) is 35.1 Å². The SMILES string of the molecule is CCSc1cccc(C(=O)Nc2sc3c(c2C(N)=O)CCN(C(C)C)C3)c1.Cl. The molecular formula is C20H26ClN3O2S2. The van der Waals surface area contributed by atoms with Gasteiger partial charge in [0.2, 0.25) is 0 Å². The molecule has 0 fully saturated rings. The van der Waals surface area contributed by atoms with Crippen LogP contribution in [0.5, 0.6) is 0 Å². The second-order valence-electron chi connectivity index (χ2n) is 6.80. The van der Waals surface area contributed by atoms with Gasteiger partial charge in [-0.05, 0) is 49.8 Å². The first kappa shape index (κ1) is 22.7. The van der Waals surface area contributed by atoms with Crippen molar-refractivity contribution in [1.29, 1.82) is 0 Å². The van der Waals surface area contributed by atoms with Crippen molar-refractivity contribution in [2.75, 3.05) is 17.6 Å². The number of carbonyl (C=O) groups excluding carboxylic acids is 2. The lowest BCUT2D eigenvalue weighted by Crippen LogP contribution is -2.35. The van der Waals surface area contributed by atoms with Crippen molar-refractivity contribution in [3.63, 3.8) is 0 Å². The zero-order valence-corrected chi connectivity index (χ0v) is 18.7. The standard InChI is InChI=1S/C20H25N3O2S2.ClH/c1-4-26-14-7-5-6-13(10-14)19(25)22-20-17(18(21)24)15-8-9-23(12(2)3)11-16(15)27-20;/h5-7,10,12H,4,8-9,11H2,1-3H3,(H2,21,24)(H,22,25);1H. The van der Waals surface area contributed by atoms with Gasteiger partial charge in [0.1, 0.15) is 5.00 Å². The number of nitrogens with one attached hydrogen (secondary N) is 1. The number of primary amides is 1. The number of nitrogens with two attached hydrogens (primary N) is 1. The molecule has 28 heavy (non-hydrogen) atoms. The van der Waals surface area contributed by atoms with Crippen LogP contribution in [0.1, 0.15) is 51.9 Å². The van der Waals surface area contributed by atoms with E-state index in [1.165, 1.54) is 11.3 Å². The van der Waals surface area contributed by atoms with Crippen molar-refractivity contribution >= 4 is 52.3 Å². The molecule has 0 radical (unpaired) electrons. The number of anilines is 1. The number of carbonyl (C=O) groups is 2. The summed E-state index contributed by atoms with van der Waals surface area (Å²) in [5, 5.41) is 3.50. The van der Waals surface area contributed by atoms with E-state index in [9.17, 15) is 9.59 Å². The van der Waals surface area contributed by atoms with Crippen LogP contribution in [0.15, 0.2) is 29.2 Å². The average Bonchev–Trinajstić information content (AvgIpc) is 2.99. The Bertz CT molecular complexity index is 867. The molecule has 0 bridgehead atoms. The molecule has 1 aliphatic heterocycles. The minimum Gasteiger partial charge on any atom is -0.365 e. The van der Waals surface area contributed by atoms with Gasteiger partial charge in [0.15, 0.2) is 0 Å². The van der Waals surface area contributed by atoms with Crippen LogP contribution in [0.25, 0.3) is 0 Å². The number of rotatable bonds is 6. The molecule has 3 N–H and O–H groups in total. The summed E-state index contributed by atoms with van der Waals surface area (Å²) < 4.78 is 0. The second kappa shape index (κ2) is 9.78. The number of halogens is 1. The van der Waals surface area contributed by atoms with Gasteiger partial charge < -0.3 is 11.1 Å². The number of amides is 2. The predicted molar refractivity (Wildman–Crippen MR) is 120 cm³/mol. The van der Waals surface area contributed by atoms with E-state index >= 15 is 0 Å². The smallest absolute Gasteiger partial charge is 0.256 e. The molecule has 0 aliphatic carbocycles. The summed E-state index contributed by atoms with van der Waals surface area (Å²) in [6.45, 7) is 8.09. The van der Waals surface area contributed by atoms with Gasteiger partial charge in [-0.1, -0.05) is 13.0 Å². The van der Waals surface area contributed by atoms with Crippen LogP contribution in [0.4, 0.5) is 5.00 Å². The molecule has 0 atom stereocenters. The Morgan fingerprint density at radius 1 is 1.36 bits per heavy atom. The van der Waals surface area contributed by atoms with Crippen molar-refractivity contribution < 1.29 is 9.59 Å². The minimum atomic E-state index is -0.476. The summed E-state index contributed by atoms with van der Waals surface area (Å²) >= 11 is 3.16. The van der Waals surface area contributed by atoms with Crippen molar-refractivity contribution in [2.45, 2.75) is 44.7 Å². The third-order valence-corrected chi connectivity index (χ3v) is 6.71. The molecule has 0 spiro atoms. The molecule has 8 heteroatoms. The number of thiophene rings is 1. The van der Waals surface area contributed by atoms with Crippen LogP contribution in [0.3, 0.4) is 0 Å². The highest BCUT2D eigenvalue weighted by Crippen LogP contribution is 2.37. The number of nitrogens with zero attached hydrogens (tertiary/aromatic N) is 1. The number of hydrogen-bond acceptors (Lipinski definition) is 5. The predicted octanol–water partition coefficient (Wildman–Crippen LogP) is 4.40. The van der Waals surface area contributed by atoms with E-state index in [-0.39, 0.29) is 18.3 Å². The van der Waals surface area contributed by atoms with Crippen LogP contribution in [-0.2, 0) is 13.0 Å². The Balaban J connectivity index is 0.00000280. The van der Waals surface area contributed by atoms with Gasteiger partial charge in [-0.2, -0.15) is 0 Å². The summed E-state index contributed by atoms with van der Waals surface area (Å²) in [4.78, 5) is 29.4. The third-order valence-electron chi connectivity index (χ3n) is 4.70. The van der Waals surface area contributed by atoms with Crippen molar-refractivity contribution in [2.24, 2.45) is 5.73 Å². The highest BCUT2D eigenvalue weighted by Gasteiger charge is 2.28. The maximum atomic E-state index is 12.8. The summed E-state index contributed by atoms with van der Waals surface area (Å²) in [6.07, 6.45) is 0.779. The van der Waals surface area contributed by atoms with E-state index in [1.807, 2.05) is 18.2 Å². The topological polar surface area (TPSA) is 75.4 Å². The lowest BCUT2D eigenvalue weighted by molar-refractivity contribution is 0.0999. The molecule has 152 valence electrons. The van der Waals surface area contributed by atoms with E-state index < -0.39 is 5.91 Å². The molecule has 2 amide bonds. The summed E-state index contributed by atoms with van der Waals surface area (Å²) in [5.41, 5.74) is 7.71. The van der Waals surface area contributed by atoms with E-state index in [0.29, 0.717) is 22.2 Å². The van der Waals surface area contributed by atoms with Gasteiger partial charge in [-0.3, -0.25) is 14.5 Å². The lowest BCUT2D eigenvalue weighted by atomic mass is 10.0. The van der Waals surface area contributed by atoms with Gasteiger partial charge in [0.05, 0.1) is 5.56 Å². The minimum absolute atomic E-state index is 0. The maximum Gasteiger partial charge on any atom is 0.256 e. The number of fused-ring (bicyclic) bond motifs is 1. The molecule has 0 saturated carbocycles. The third kappa shape index (κ3) is 4.89. The average molecular weight is 440 g/mol. The van der Waals surface area contributed by atoms with Crippen molar-refractivity contribution in [3.05, 3.63) is 45.8 Å². The number of benzene rings is 1. The Kier molecular flexibility index (Phi) is 7.95. The van der Waals surface area contributed by atoms with Crippen LogP contribution < -0.4 is 11.1 Å². The Hall–Kier alpha value is -1.54. The molecule has 1 aromatic carbocycles. The van der Waals surface area contributed by atoms with E-state index in [1.54, 1.807) is 17.8 Å². The normalized spacial score (nSPS) is 13.7. The van der Waals surface area contributed by atoms with E-state index in [0.717, 1.165) is 40.6 Å². The molecule has 2 aromatic rings. The van der Waals surface area contributed by atoms with Crippen molar-refractivity contribution in [1.82, 2.24) is 4.90 Å². The molecule has 5 nitrogen and oxygen atoms in total. The summed E-state index contributed by atoms with van der Waals surface area (Å²) in [6, 6.07) is 7.97. The quantitative estimate of drug-likeness (QED) is 0.654. The monoisotopic (exact) mass is 439 g/mol. The highest BCUT2D eigenvalue weighted by molar-refractivity contribution is 7.99. The molecule has 0 unspecified atom stereocenters. The highest BCUT2D eigenvalue weighted by atomic mass is 35.5. The van der Waals surface area contributed by atoms with Crippen molar-refractivity contribution in [3.8, 4) is 0 Å². The first-order chi connectivity index (χ1) is 12.9. The first-order valence-electron chi connectivity index (χ1n) is 9.13. The fraction of sp³-hybridized carbons (Fsp3) is 0.400. The zero-order valence-electron chi connectivity index (χ0n) is 16.3. The lowest BCUT2D eigenvalue weighted by Gasteiger charge is -2.30. The second-order valence-corrected chi connectivity index (χ2v) is 9.24. The van der Waals surface area contributed by atoms with E-state index in [2.05, 4.69) is 31.0 Å². The maximum absolute atomic E-state index is 12.8. The van der Waals surface area contributed by atoms with Crippen LogP contribution in [0, 0.1) is 0 Å². The zero-order chi connectivity index (χ0) is 19.6. The molecule has 1 aromatic heterocycles. The van der Waals surface area contributed by atoms with E-state index in [4.69, 9.17) is 5.73 Å². The van der Waals surface area contributed by atoms with Gasteiger partial charge >= 0.3 is 0 Å². The Labute approximate surface area is 180 Å². The number of hydrogen-bond donors (Lipinski definition) is 2. The largest absolute Gasteiger partial charge is 0.365 e.